The summed E-state index contributed by atoms with van der Waals surface area (Å²) in [6.45, 7) is 9.77. The van der Waals surface area contributed by atoms with Gasteiger partial charge in [-0.15, -0.1) is 0 Å². The van der Waals surface area contributed by atoms with E-state index < -0.39 is 0 Å². The Labute approximate surface area is 128 Å². The van der Waals surface area contributed by atoms with E-state index in [4.69, 9.17) is 4.74 Å². The number of rotatable bonds is 16. The van der Waals surface area contributed by atoms with Gasteiger partial charge in [0.2, 0.25) is 0 Å². The Hall–Kier alpha value is -0.0400. The fourth-order valence-electron chi connectivity index (χ4n) is 2.50. The maximum atomic E-state index is 5.64. The van der Waals surface area contributed by atoms with Gasteiger partial charge in [-0.1, -0.05) is 91.4 Å². The summed E-state index contributed by atoms with van der Waals surface area (Å²) in [7, 11) is 0. The van der Waals surface area contributed by atoms with Gasteiger partial charge in [-0.05, 0) is 18.8 Å². The zero-order valence-corrected chi connectivity index (χ0v) is 14.5. The first-order valence-corrected chi connectivity index (χ1v) is 9.26. The van der Waals surface area contributed by atoms with Crippen LogP contribution in [0.4, 0.5) is 0 Å². The van der Waals surface area contributed by atoms with Crippen molar-refractivity contribution in [3.05, 3.63) is 6.61 Å². The van der Waals surface area contributed by atoms with Gasteiger partial charge in [0.15, 0.2) is 0 Å². The minimum absolute atomic E-state index is 0.623. The van der Waals surface area contributed by atoms with E-state index in [1.807, 2.05) is 0 Å². The van der Waals surface area contributed by atoms with Crippen molar-refractivity contribution in [2.75, 3.05) is 6.61 Å². The average Bonchev–Trinajstić information content (AvgIpc) is 2.46. The third-order valence-electron chi connectivity index (χ3n) is 3.96. The molecule has 1 heteroatoms. The van der Waals surface area contributed by atoms with E-state index in [0.29, 0.717) is 5.92 Å². The zero-order valence-electron chi connectivity index (χ0n) is 14.5. The van der Waals surface area contributed by atoms with Crippen LogP contribution in [-0.2, 0) is 4.74 Å². The normalized spacial score (nSPS) is 12.8. The molecule has 0 fully saturated rings. The van der Waals surface area contributed by atoms with Crippen LogP contribution in [0.25, 0.3) is 0 Å². The summed E-state index contributed by atoms with van der Waals surface area (Å²) < 4.78 is 5.64. The van der Waals surface area contributed by atoms with E-state index in [1.165, 1.54) is 83.5 Å². The molecule has 0 aliphatic rings. The molecule has 0 aliphatic heterocycles. The van der Waals surface area contributed by atoms with Crippen molar-refractivity contribution in [2.24, 2.45) is 5.92 Å². The van der Waals surface area contributed by atoms with Crippen LogP contribution in [0.3, 0.4) is 0 Å². The Kier molecular flexibility index (Phi) is 17.0. The molecule has 0 N–H and O–H groups in total. The van der Waals surface area contributed by atoms with Crippen molar-refractivity contribution in [1.82, 2.24) is 0 Å². The molecule has 0 aromatic heterocycles. The molecule has 0 rings (SSSR count). The molecule has 20 heavy (non-hydrogen) atoms. The van der Waals surface area contributed by atoms with Gasteiger partial charge in [-0.25, -0.2) is 0 Å². The Balaban J connectivity index is 3.02. The fraction of sp³-hybridized carbons (Fsp3) is 0.947. The molecule has 1 atom stereocenters. The second-order valence-corrected chi connectivity index (χ2v) is 6.31. The topological polar surface area (TPSA) is 9.23 Å². The molecule has 1 unspecified atom stereocenters. The molecule has 0 aromatic rings. The van der Waals surface area contributed by atoms with Crippen molar-refractivity contribution < 1.29 is 4.74 Å². The number of unbranched alkanes of at least 4 members (excludes halogenated alkanes) is 10. The first-order chi connectivity index (χ1) is 9.81. The highest BCUT2D eigenvalue weighted by Gasteiger charge is 2.01. The SMILES string of the molecule is CCCCCCCCCCCCO[CH]C(C)CCCC. The van der Waals surface area contributed by atoms with Crippen LogP contribution in [0.5, 0.6) is 0 Å². The Morgan fingerprint density at radius 1 is 0.700 bits per heavy atom. The monoisotopic (exact) mass is 283 g/mol. The van der Waals surface area contributed by atoms with E-state index in [0.717, 1.165) is 6.61 Å². The molecule has 0 amide bonds. The zero-order chi connectivity index (χ0) is 14.9. The summed E-state index contributed by atoms with van der Waals surface area (Å²) in [5.41, 5.74) is 0. The highest BCUT2D eigenvalue weighted by Crippen LogP contribution is 2.13. The van der Waals surface area contributed by atoms with Gasteiger partial charge in [0.05, 0.1) is 6.61 Å². The lowest BCUT2D eigenvalue weighted by atomic mass is 10.1. The van der Waals surface area contributed by atoms with Crippen LogP contribution < -0.4 is 0 Å². The maximum absolute atomic E-state index is 5.64. The van der Waals surface area contributed by atoms with Gasteiger partial charge in [-0.2, -0.15) is 0 Å². The lowest BCUT2D eigenvalue weighted by Gasteiger charge is -2.10. The van der Waals surface area contributed by atoms with Crippen molar-refractivity contribution in [2.45, 2.75) is 104 Å². The standard InChI is InChI=1S/C19H39O/c1-4-6-8-9-10-11-12-13-14-15-17-20-18-19(3)16-7-5-2/h18-19H,4-17H2,1-3H3. The van der Waals surface area contributed by atoms with Crippen molar-refractivity contribution in [3.8, 4) is 0 Å². The molecule has 0 saturated carbocycles. The molecular weight excluding hydrogens is 244 g/mol. The summed E-state index contributed by atoms with van der Waals surface area (Å²) in [6.07, 6.45) is 17.8. The second-order valence-electron chi connectivity index (χ2n) is 6.31. The summed E-state index contributed by atoms with van der Waals surface area (Å²) in [5, 5.41) is 0. The van der Waals surface area contributed by atoms with Gasteiger partial charge < -0.3 is 4.74 Å². The van der Waals surface area contributed by atoms with Crippen LogP contribution >= 0.6 is 0 Å². The Morgan fingerprint density at radius 3 is 1.75 bits per heavy atom. The number of hydrogen-bond acceptors (Lipinski definition) is 1. The van der Waals surface area contributed by atoms with E-state index in [1.54, 1.807) is 0 Å². The van der Waals surface area contributed by atoms with Gasteiger partial charge in [0.1, 0.15) is 0 Å². The van der Waals surface area contributed by atoms with Crippen molar-refractivity contribution in [3.63, 3.8) is 0 Å². The van der Waals surface area contributed by atoms with E-state index in [2.05, 4.69) is 27.4 Å². The lowest BCUT2D eigenvalue weighted by molar-refractivity contribution is 0.160. The first kappa shape index (κ1) is 20.0. The van der Waals surface area contributed by atoms with Gasteiger partial charge in [0.25, 0.3) is 0 Å². The van der Waals surface area contributed by atoms with Gasteiger partial charge >= 0.3 is 0 Å². The molecular formula is C19H39O. The lowest BCUT2D eigenvalue weighted by Crippen LogP contribution is -2.01. The molecule has 1 radical (unpaired) electrons. The molecule has 121 valence electrons. The van der Waals surface area contributed by atoms with Crippen LogP contribution in [-0.4, -0.2) is 6.61 Å². The summed E-state index contributed by atoms with van der Waals surface area (Å²) in [5.74, 6) is 0.623. The minimum atomic E-state index is 0.623. The maximum Gasteiger partial charge on any atom is 0.0864 e. The average molecular weight is 284 g/mol. The van der Waals surface area contributed by atoms with Gasteiger partial charge in [-0.3, -0.25) is 0 Å². The molecule has 1 nitrogen and oxygen atoms in total. The van der Waals surface area contributed by atoms with Crippen LogP contribution in [0.1, 0.15) is 104 Å². The highest BCUT2D eigenvalue weighted by molar-refractivity contribution is 4.62. The molecule has 0 saturated heterocycles. The smallest absolute Gasteiger partial charge is 0.0864 e. The molecule has 0 bridgehead atoms. The minimum Gasteiger partial charge on any atom is -0.375 e. The quantitative estimate of drug-likeness (QED) is 0.280. The summed E-state index contributed by atoms with van der Waals surface area (Å²) in [6, 6.07) is 0. The number of hydrogen-bond donors (Lipinski definition) is 0. The van der Waals surface area contributed by atoms with E-state index >= 15 is 0 Å². The summed E-state index contributed by atoms with van der Waals surface area (Å²) in [4.78, 5) is 0. The Morgan fingerprint density at radius 2 is 1.20 bits per heavy atom. The number of ether oxygens (including phenoxy) is 1. The van der Waals surface area contributed by atoms with Crippen LogP contribution in [0, 0.1) is 12.5 Å². The van der Waals surface area contributed by atoms with Crippen molar-refractivity contribution in [1.29, 1.82) is 0 Å². The van der Waals surface area contributed by atoms with Crippen LogP contribution in [0.2, 0.25) is 0 Å². The largest absolute Gasteiger partial charge is 0.375 e. The predicted molar refractivity (Wildman–Crippen MR) is 90.8 cm³/mol. The molecule has 0 spiro atoms. The highest BCUT2D eigenvalue weighted by atomic mass is 16.5. The van der Waals surface area contributed by atoms with E-state index in [9.17, 15) is 0 Å². The van der Waals surface area contributed by atoms with Crippen molar-refractivity contribution >= 4 is 0 Å². The molecule has 0 heterocycles. The van der Waals surface area contributed by atoms with Crippen LogP contribution in [0.15, 0.2) is 0 Å². The second kappa shape index (κ2) is 17.0. The fourth-order valence-corrected chi connectivity index (χ4v) is 2.50. The van der Waals surface area contributed by atoms with E-state index in [-0.39, 0.29) is 0 Å². The third kappa shape index (κ3) is 16.0. The first-order valence-electron chi connectivity index (χ1n) is 9.26. The Bertz CT molecular complexity index is 167. The summed E-state index contributed by atoms with van der Waals surface area (Å²) >= 11 is 0. The van der Waals surface area contributed by atoms with Gasteiger partial charge in [0, 0.05) is 6.61 Å². The molecule has 0 aromatic carbocycles. The molecule has 0 aliphatic carbocycles. The predicted octanol–water partition coefficient (Wildman–Crippen LogP) is 6.91. The third-order valence-corrected chi connectivity index (χ3v) is 3.96.